The molecule has 0 saturated heterocycles. The molecule has 108 valence electrons. The first-order valence-electron chi connectivity index (χ1n) is 6.85. The summed E-state index contributed by atoms with van der Waals surface area (Å²) in [5.74, 6) is 0. The Morgan fingerprint density at radius 3 is 2.30 bits per heavy atom. The number of halogens is 1. The third-order valence-electron chi connectivity index (χ3n) is 4.22. The number of aromatic nitrogens is 3. The van der Waals surface area contributed by atoms with Gasteiger partial charge in [-0.15, -0.1) is 5.10 Å². The molecule has 1 atom stereocenters. The third kappa shape index (κ3) is 2.40. The van der Waals surface area contributed by atoms with Crippen LogP contribution < -0.4 is 0 Å². The summed E-state index contributed by atoms with van der Waals surface area (Å²) in [5, 5.41) is 19.0. The highest BCUT2D eigenvalue weighted by Crippen LogP contribution is 2.44. The lowest BCUT2D eigenvalue weighted by molar-refractivity contribution is 0.0650. The maximum absolute atomic E-state index is 11.0. The molecule has 20 heavy (non-hydrogen) atoms. The Bertz CT molecular complexity index is 544. The number of nitrogens with zero attached hydrogens (tertiary/aromatic N) is 3. The van der Waals surface area contributed by atoms with Crippen molar-refractivity contribution in [2.45, 2.75) is 38.2 Å². The van der Waals surface area contributed by atoms with Crippen molar-refractivity contribution in [3.8, 4) is 0 Å². The molecule has 1 aromatic carbocycles. The fourth-order valence-corrected chi connectivity index (χ4v) is 3.41. The summed E-state index contributed by atoms with van der Waals surface area (Å²) in [5.41, 5.74) is 1.53. The van der Waals surface area contributed by atoms with E-state index in [4.69, 9.17) is 0 Å². The summed E-state index contributed by atoms with van der Waals surface area (Å²) in [4.78, 5) is 0. The summed E-state index contributed by atoms with van der Waals surface area (Å²) < 4.78 is 2.24. The van der Waals surface area contributed by atoms with E-state index >= 15 is 0 Å². The van der Waals surface area contributed by atoms with Crippen LogP contribution in [-0.2, 0) is 12.5 Å². The molecule has 1 N–H and O–H groups in total. The second-order valence-electron chi connectivity index (χ2n) is 5.02. The Morgan fingerprint density at radius 1 is 1.25 bits per heavy atom. The van der Waals surface area contributed by atoms with Crippen molar-refractivity contribution in [1.29, 1.82) is 0 Å². The maximum atomic E-state index is 11.0. The predicted molar refractivity (Wildman–Crippen MR) is 82.4 cm³/mol. The van der Waals surface area contributed by atoms with Crippen LogP contribution >= 0.6 is 15.9 Å². The fourth-order valence-electron chi connectivity index (χ4n) is 2.86. The van der Waals surface area contributed by atoms with Crippen molar-refractivity contribution in [3.05, 3.63) is 46.2 Å². The molecule has 0 bridgehead atoms. The van der Waals surface area contributed by atoms with Crippen molar-refractivity contribution < 1.29 is 5.11 Å². The first-order valence-corrected chi connectivity index (χ1v) is 7.64. The molecule has 0 aliphatic rings. The van der Waals surface area contributed by atoms with Gasteiger partial charge in [-0.25, -0.2) is 4.68 Å². The van der Waals surface area contributed by atoms with Crippen molar-refractivity contribution in [2.75, 3.05) is 0 Å². The maximum Gasteiger partial charge on any atom is 0.154 e. The van der Waals surface area contributed by atoms with Crippen LogP contribution in [0.2, 0.25) is 0 Å². The SMILES string of the molecule is CCC(CC)(c1ccccc1)C(O)c1c(Br)nnn1C. The second kappa shape index (κ2) is 6.06. The number of aryl methyl sites for hydroxylation is 1. The van der Waals surface area contributed by atoms with E-state index in [1.165, 1.54) is 0 Å². The number of aliphatic hydroxyl groups excluding tert-OH is 1. The van der Waals surface area contributed by atoms with Gasteiger partial charge in [0, 0.05) is 12.5 Å². The van der Waals surface area contributed by atoms with E-state index in [-0.39, 0.29) is 5.41 Å². The third-order valence-corrected chi connectivity index (χ3v) is 4.78. The Labute approximate surface area is 128 Å². The highest BCUT2D eigenvalue weighted by Gasteiger charge is 2.40. The lowest BCUT2D eigenvalue weighted by atomic mass is 9.70. The van der Waals surface area contributed by atoms with E-state index in [9.17, 15) is 5.11 Å². The van der Waals surface area contributed by atoms with E-state index < -0.39 is 6.10 Å². The van der Waals surface area contributed by atoms with Gasteiger partial charge in [0.2, 0.25) is 0 Å². The molecule has 0 spiro atoms. The number of rotatable bonds is 5. The van der Waals surface area contributed by atoms with E-state index in [1.807, 2.05) is 18.2 Å². The van der Waals surface area contributed by atoms with E-state index in [2.05, 4.69) is 52.2 Å². The molecule has 0 fully saturated rings. The first-order chi connectivity index (χ1) is 9.56. The molecule has 0 radical (unpaired) electrons. The Morgan fingerprint density at radius 2 is 1.85 bits per heavy atom. The predicted octanol–water partition coefficient (Wildman–Crippen LogP) is 3.37. The molecule has 0 saturated carbocycles. The molecule has 1 unspecified atom stereocenters. The topological polar surface area (TPSA) is 50.9 Å². The average Bonchev–Trinajstić information content (AvgIpc) is 2.81. The van der Waals surface area contributed by atoms with E-state index in [0.29, 0.717) is 4.60 Å². The Hall–Kier alpha value is -1.20. The molecule has 4 nitrogen and oxygen atoms in total. The lowest BCUT2D eigenvalue weighted by Gasteiger charge is -2.37. The van der Waals surface area contributed by atoms with Crippen molar-refractivity contribution in [3.63, 3.8) is 0 Å². The molecule has 1 heterocycles. The summed E-state index contributed by atoms with van der Waals surface area (Å²) in [6, 6.07) is 10.2. The highest BCUT2D eigenvalue weighted by molar-refractivity contribution is 9.10. The van der Waals surface area contributed by atoms with Gasteiger partial charge < -0.3 is 5.11 Å². The lowest BCUT2D eigenvalue weighted by Crippen LogP contribution is -2.34. The number of hydrogen-bond acceptors (Lipinski definition) is 3. The standard InChI is InChI=1S/C15H20BrN3O/c1-4-15(5-2,11-9-7-6-8-10-11)13(20)12-14(16)17-18-19(12)3/h6-10,13,20H,4-5H2,1-3H3. The number of hydrogen-bond donors (Lipinski definition) is 1. The highest BCUT2D eigenvalue weighted by atomic mass is 79.9. The van der Waals surface area contributed by atoms with E-state index in [0.717, 1.165) is 24.1 Å². The zero-order valence-electron chi connectivity index (χ0n) is 12.0. The minimum absolute atomic E-state index is 0.334. The molecule has 2 rings (SSSR count). The summed E-state index contributed by atoms with van der Waals surface area (Å²) in [6.45, 7) is 4.22. The van der Waals surface area contributed by atoms with Crippen LogP contribution in [0.25, 0.3) is 0 Å². The van der Waals surface area contributed by atoms with Crippen LogP contribution in [0.4, 0.5) is 0 Å². The Kier molecular flexibility index (Phi) is 4.60. The van der Waals surface area contributed by atoms with Crippen LogP contribution in [0.1, 0.15) is 44.1 Å². The van der Waals surface area contributed by atoms with Crippen molar-refractivity contribution in [1.82, 2.24) is 15.0 Å². The normalized spacial score (nSPS) is 13.4. The quantitative estimate of drug-likeness (QED) is 0.909. The summed E-state index contributed by atoms with van der Waals surface area (Å²) >= 11 is 3.39. The van der Waals surface area contributed by atoms with Gasteiger partial charge in [-0.3, -0.25) is 0 Å². The average molecular weight is 338 g/mol. The molecular weight excluding hydrogens is 318 g/mol. The zero-order valence-corrected chi connectivity index (χ0v) is 13.6. The van der Waals surface area contributed by atoms with Gasteiger partial charge >= 0.3 is 0 Å². The van der Waals surface area contributed by atoms with Crippen LogP contribution in [-0.4, -0.2) is 20.1 Å². The van der Waals surface area contributed by atoms with Crippen molar-refractivity contribution in [2.24, 2.45) is 7.05 Å². The van der Waals surface area contributed by atoms with Crippen LogP contribution in [0, 0.1) is 0 Å². The second-order valence-corrected chi connectivity index (χ2v) is 5.77. The van der Waals surface area contributed by atoms with Gasteiger partial charge in [0.05, 0.1) is 0 Å². The van der Waals surface area contributed by atoms with Gasteiger partial charge in [0.25, 0.3) is 0 Å². The zero-order chi connectivity index (χ0) is 14.8. The van der Waals surface area contributed by atoms with Crippen molar-refractivity contribution >= 4 is 15.9 Å². The van der Waals surface area contributed by atoms with Gasteiger partial charge in [-0.05, 0) is 34.3 Å². The van der Waals surface area contributed by atoms with Crippen LogP contribution in [0.3, 0.4) is 0 Å². The van der Waals surface area contributed by atoms with Crippen LogP contribution in [0.5, 0.6) is 0 Å². The first kappa shape index (κ1) is 15.2. The Balaban J connectivity index is 2.54. The monoisotopic (exact) mass is 337 g/mol. The smallest absolute Gasteiger partial charge is 0.154 e. The fraction of sp³-hybridized carbons (Fsp3) is 0.467. The molecular formula is C15H20BrN3O. The van der Waals surface area contributed by atoms with Gasteiger partial charge in [-0.2, -0.15) is 0 Å². The minimum Gasteiger partial charge on any atom is -0.386 e. The molecule has 0 amide bonds. The number of aliphatic hydroxyl groups is 1. The summed E-state index contributed by atoms with van der Waals surface area (Å²) in [6.07, 6.45) is 1.02. The summed E-state index contributed by atoms with van der Waals surface area (Å²) in [7, 11) is 1.80. The minimum atomic E-state index is -0.658. The molecule has 0 aliphatic carbocycles. The molecule has 0 aliphatic heterocycles. The molecule has 1 aromatic heterocycles. The van der Waals surface area contributed by atoms with Gasteiger partial charge in [0.15, 0.2) is 4.60 Å². The number of benzene rings is 1. The molecule has 2 aromatic rings. The van der Waals surface area contributed by atoms with Crippen LogP contribution in [0.15, 0.2) is 34.9 Å². The largest absolute Gasteiger partial charge is 0.386 e. The van der Waals surface area contributed by atoms with Gasteiger partial charge in [0.1, 0.15) is 11.8 Å². The van der Waals surface area contributed by atoms with E-state index in [1.54, 1.807) is 11.7 Å². The van der Waals surface area contributed by atoms with Gasteiger partial charge in [-0.1, -0.05) is 49.4 Å². The molecule has 5 heteroatoms.